The van der Waals surface area contributed by atoms with Crippen LogP contribution < -0.4 is 9.46 Å². The Labute approximate surface area is 239 Å². The number of aliphatic hydroxyl groups excluding tert-OH is 1. The summed E-state index contributed by atoms with van der Waals surface area (Å²) in [6, 6.07) is 15.9. The zero-order valence-corrected chi connectivity index (χ0v) is 24.4. The van der Waals surface area contributed by atoms with E-state index in [2.05, 4.69) is 4.72 Å². The SMILES string of the molecule is C[C@H]1CN([C@@H](C)CO)C(=O)c2cc(NS(=O)(=O)c3ccc(F)cc3)ccc2O[C@@H]1CN(C)S(=O)(=O)c1ccccc1. The second-order valence-electron chi connectivity index (χ2n) is 9.99. The lowest BCUT2D eigenvalue weighted by Crippen LogP contribution is -2.50. The number of hydrogen-bond donors (Lipinski definition) is 2. The highest BCUT2D eigenvalue weighted by Crippen LogP contribution is 2.32. The van der Waals surface area contributed by atoms with Crippen molar-refractivity contribution in [3.05, 3.63) is 84.2 Å². The molecule has 3 aromatic carbocycles. The number of nitrogens with zero attached hydrogens (tertiary/aromatic N) is 2. The van der Waals surface area contributed by atoms with Gasteiger partial charge in [-0.05, 0) is 61.5 Å². The third-order valence-corrected chi connectivity index (χ3v) is 10.2. The van der Waals surface area contributed by atoms with Gasteiger partial charge in [0.15, 0.2) is 0 Å². The first-order valence-corrected chi connectivity index (χ1v) is 15.8. The van der Waals surface area contributed by atoms with Gasteiger partial charge in [-0.2, -0.15) is 4.31 Å². The number of carbonyl (C=O) groups is 1. The van der Waals surface area contributed by atoms with Crippen LogP contribution in [-0.2, 0) is 20.0 Å². The summed E-state index contributed by atoms with van der Waals surface area (Å²) in [5, 5.41) is 9.87. The summed E-state index contributed by atoms with van der Waals surface area (Å²) < 4.78 is 75.2. The Bertz CT molecular complexity index is 1600. The molecule has 0 unspecified atom stereocenters. The molecule has 1 aliphatic heterocycles. The number of likely N-dealkylation sites (N-methyl/N-ethyl adjacent to an activating group) is 1. The van der Waals surface area contributed by atoms with E-state index in [9.17, 15) is 31.1 Å². The number of carbonyl (C=O) groups excluding carboxylic acids is 1. The second-order valence-corrected chi connectivity index (χ2v) is 13.7. The van der Waals surface area contributed by atoms with E-state index in [1.54, 1.807) is 25.1 Å². The zero-order chi connectivity index (χ0) is 29.9. The summed E-state index contributed by atoms with van der Waals surface area (Å²) in [5.74, 6) is -1.28. The Kier molecular flexibility index (Phi) is 9.02. The van der Waals surface area contributed by atoms with Gasteiger partial charge in [-0.1, -0.05) is 25.1 Å². The number of benzene rings is 3. The molecule has 4 rings (SSSR count). The van der Waals surface area contributed by atoms with Crippen molar-refractivity contribution in [1.29, 1.82) is 0 Å². The van der Waals surface area contributed by atoms with Crippen LogP contribution in [-0.4, -0.2) is 75.9 Å². The smallest absolute Gasteiger partial charge is 0.261 e. The number of anilines is 1. The van der Waals surface area contributed by atoms with Crippen LogP contribution in [0.25, 0.3) is 0 Å². The third kappa shape index (κ3) is 6.70. The van der Waals surface area contributed by atoms with Crippen LogP contribution in [0, 0.1) is 11.7 Å². The zero-order valence-electron chi connectivity index (χ0n) is 22.8. The van der Waals surface area contributed by atoms with Gasteiger partial charge in [0.2, 0.25) is 10.0 Å². The number of aliphatic hydroxyl groups is 1. The number of fused-ring (bicyclic) bond motifs is 1. The summed E-state index contributed by atoms with van der Waals surface area (Å²) in [7, 11) is -6.48. The molecule has 0 saturated heterocycles. The van der Waals surface area contributed by atoms with Gasteiger partial charge in [0, 0.05) is 25.2 Å². The summed E-state index contributed by atoms with van der Waals surface area (Å²) in [4.78, 5) is 15.1. The molecular formula is C28H32FN3O7S2. The van der Waals surface area contributed by atoms with Crippen LogP contribution in [0.1, 0.15) is 24.2 Å². The topological polar surface area (TPSA) is 133 Å². The van der Waals surface area contributed by atoms with Gasteiger partial charge in [-0.25, -0.2) is 21.2 Å². The maximum Gasteiger partial charge on any atom is 0.261 e. The Balaban J connectivity index is 1.68. The van der Waals surface area contributed by atoms with Crippen molar-refractivity contribution in [3.8, 4) is 5.75 Å². The van der Waals surface area contributed by atoms with Crippen LogP contribution >= 0.6 is 0 Å². The van der Waals surface area contributed by atoms with Gasteiger partial charge >= 0.3 is 0 Å². The summed E-state index contributed by atoms with van der Waals surface area (Å²) in [6.45, 7) is 3.29. The van der Waals surface area contributed by atoms with E-state index in [4.69, 9.17) is 4.74 Å². The highest BCUT2D eigenvalue weighted by molar-refractivity contribution is 7.92. The van der Waals surface area contributed by atoms with E-state index in [0.29, 0.717) is 0 Å². The fourth-order valence-corrected chi connectivity index (χ4v) is 6.71. The molecule has 0 bridgehead atoms. The largest absolute Gasteiger partial charge is 0.488 e. The molecule has 2 N–H and O–H groups in total. The molecule has 220 valence electrons. The summed E-state index contributed by atoms with van der Waals surface area (Å²) in [5.41, 5.74) is 0.102. The number of hydrogen-bond acceptors (Lipinski definition) is 7. The van der Waals surface area contributed by atoms with Gasteiger partial charge in [-0.15, -0.1) is 0 Å². The molecule has 0 aliphatic carbocycles. The molecular weight excluding hydrogens is 573 g/mol. The minimum absolute atomic E-state index is 0.0354. The van der Waals surface area contributed by atoms with Crippen molar-refractivity contribution in [2.45, 2.75) is 35.8 Å². The van der Waals surface area contributed by atoms with Crippen molar-refractivity contribution >= 4 is 31.6 Å². The summed E-state index contributed by atoms with van der Waals surface area (Å²) >= 11 is 0. The molecule has 13 heteroatoms. The van der Waals surface area contributed by atoms with Crippen molar-refractivity contribution in [3.63, 3.8) is 0 Å². The van der Waals surface area contributed by atoms with Crippen molar-refractivity contribution in [1.82, 2.24) is 9.21 Å². The Morgan fingerprint density at radius 2 is 1.71 bits per heavy atom. The minimum atomic E-state index is -4.10. The predicted molar refractivity (Wildman–Crippen MR) is 151 cm³/mol. The van der Waals surface area contributed by atoms with E-state index >= 15 is 0 Å². The maximum absolute atomic E-state index is 13.6. The molecule has 3 aromatic rings. The molecule has 10 nitrogen and oxygen atoms in total. The van der Waals surface area contributed by atoms with Gasteiger partial charge in [0.25, 0.3) is 15.9 Å². The number of sulfonamides is 2. The molecule has 0 spiro atoms. The average molecular weight is 606 g/mol. The second kappa shape index (κ2) is 12.1. The average Bonchev–Trinajstić information content (AvgIpc) is 2.95. The van der Waals surface area contributed by atoms with Crippen molar-refractivity contribution < 1.29 is 35.9 Å². The molecule has 1 heterocycles. The van der Waals surface area contributed by atoms with Gasteiger partial charge in [0.1, 0.15) is 17.7 Å². The molecule has 0 saturated carbocycles. The quantitative estimate of drug-likeness (QED) is 0.383. The van der Waals surface area contributed by atoms with Crippen LogP contribution in [0.15, 0.2) is 82.6 Å². The van der Waals surface area contributed by atoms with E-state index in [1.807, 2.05) is 6.92 Å². The fourth-order valence-electron chi connectivity index (χ4n) is 4.46. The van der Waals surface area contributed by atoms with E-state index in [-0.39, 0.29) is 52.4 Å². The van der Waals surface area contributed by atoms with Gasteiger partial charge < -0.3 is 14.7 Å². The normalized spacial score (nSPS) is 18.7. The van der Waals surface area contributed by atoms with Crippen molar-refractivity contribution in [2.75, 3.05) is 31.5 Å². The predicted octanol–water partition coefficient (Wildman–Crippen LogP) is 3.17. The lowest BCUT2D eigenvalue weighted by atomic mass is 9.99. The number of amides is 1. The fraction of sp³-hybridized carbons (Fsp3) is 0.321. The molecule has 3 atom stereocenters. The molecule has 41 heavy (non-hydrogen) atoms. The number of halogens is 1. The lowest BCUT2D eigenvalue weighted by molar-refractivity contribution is 0.0387. The van der Waals surface area contributed by atoms with Crippen LogP contribution in [0.3, 0.4) is 0 Å². The third-order valence-electron chi connectivity index (χ3n) is 6.93. The van der Waals surface area contributed by atoms with Crippen molar-refractivity contribution in [2.24, 2.45) is 5.92 Å². The number of rotatable bonds is 9. The first-order valence-electron chi connectivity index (χ1n) is 12.9. The molecule has 1 amide bonds. The molecule has 0 radical (unpaired) electrons. The van der Waals surface area contributed by atoms with E-state index < -0.39 is 43.9 Å². The van der Waals surface area contributed by atoms with Crippen LogP contribution in [0.5, 0.6) is 5.75 Å². The van der Waals surface area contributed by atoms with Gasteiger partial charge in [-0.3, -0.25) is 9.52 Å². The Morgan fingerprint density at radius 3 is 2.34 bits per heavy atom. The van der Waals surface area contributed by atoms with E-state index in [0.717, 1.165) is 24.3 Å². The highest BCUT2D eigenvalue weighted by Gasteiger charge is 2.35. The number of ether oxygens (including phenoxy) is 1. The highest BCUT2D eigenvalue weighted by atomic mass is 32.2. The van der Waals surface area contributed by atoms with Crippen LogP contribution in [0.2, 0.25) is 0 Å². The molecule has 0 aromatic heterocycles. The first-order chi connectivity index (χ1) is 19.3. The summed E-state index contributed by atoms with van der Waals surface area (Å²) in [6.07, 6.45) is -0.694. The minimum Gasteiger partial charge on any atom is -0.488 e. The molecule has 1 aliphatic rings. The van der Waals surface area contributed by atoms with E-state index in [1.165, 1.54) is 46.6 Å². The lowest BCUT2D eigenvalue weighted by Gasteiger charge is -2.38. The standard InChI is InChI=1S/C28H32FN3O7S2/c1-19-16-32(20(2)18-33)28(34)25-15-22(30-40(35,36)23-12-9-21(29)10-13-23)11-14-26(25)39-27(19)17-31(3)41(37,38)24-7-5-4-6-8-24/h4-15,19-20,27,30,33H,16-18H2,1-3H3/t19-,20-,27+/m0/s1. The van der Waals surface area contributed by atoms with Crippen LogP contribution in [0.4, 0.5) is 10.1 Å². The maximum atomic E-state index is 13.6. The molecule has 0 fully saturated rings. The Morgan fingerprint density at radius 1 is 1.05 bits per heavy atom. The van der Waals surface area contributed by atoms with Gasteiger partial charge in [0.05, 0.1) is 34.5 Å². The first kappa shape index (κ1) is 30.4. The number of nitrogens with one attached hydrogen (secondary N) is 1. The monoisotopic (exact) mass is 605 g/mol. The Hall–Kier alpha value is -3.52.